The first kappa shape index (κ1) is 45.0. The van der Waals surface area contributed by atoms with E-state index in [9.17, 15) is 0 Å². The molecule has 0 bridgehead atoms. The molecule has 3 N–H and O–H groups in total. The molecule has 0 unspecified atom stereocenters. The monoisotopic (exact) mass is 567 g/mol. The second-order valence-corrected chi connectivity index (χ2v) is 10.1. The van der Waals surface area contributed by atoms with Gasteiger partial charge in [0.05, 0.1) is 32.7 Å². The summed E-state index contributed by atoms with van der Waals surface area (Å²) in [4.78, 5) is 0. The maximum atomic E-state index is 5.61. The van der Waals surface area contributed by atoms with Gasteiger partial charge in [-0.15, -0.1) is 11.6 Å². The summed E-state index contributed by atoms with van der Waals surface area (Å²) < 4.78 is 1.42. The molecule has 0 spiro atoms. The van der Waals surface area contributed by atoms with Crippen LogP contribution in [0.1, 0.15) is 143 Å². The van der Waals surface area contributed by atoms with Crippen LogP contribution in [0, 0.1) is 0 Å². The number of nitrogens with zero attached hydrogens (tertiary/aromatic N) is 1. The average molecular weight is 570 g/mol. The Bertz CT molecular complexity index is 271. The molecule has 0 saturated carbocycles. The first-order chi connectivity index (χ1) is 15.2. The number of halogens is 4. The van der Waals surface area contributed by atoms with Crippen molar-refractivity contribution in [2.75, 3.05) is 38.6 Å². The van der Waals surface area contributed by atoms with E-state index in [-0.39, 0.29) is 37.2 Å². The predicted octanol–water partition coefficient (Wildman–Crippen LogP) is -0.616. The number of unbranched alkanes of at least 4 members (excludes halogenated alkanes) is 13. The molecule has 0 amide bonds. The molecule has 0 aromatic rings. The van der Waals surface area contributed by atoms with E-state index in [1.165, 1.54) is 146 Å². The summed E-state index contributed by atoms with van der Waals surface area (Å²) in [6, 6.07) is 0. The minimum absolute atomic E-state index is 0. The van der Waals surface area contributed by atoms with E-state index in [0.29, 0.717) is 0 Å². The molecule has 0 saturated heterocycles. The van der Waals surface area contributed by atoms with Crippen LogP contribution in [-0.4, -0.2) is 43.1 Å². The Morgan fingerprint density at radius 2 is 0.706 bits per heavy atom. The number of alkyl halides is 1. The highest BCUT2D eigenvalue weighted by molar-refractivity contribution is 6.17. The van der Waals surface area contributed by atoms with Gasteiger partial charge in [-0.1, -0.05) is 98.3 Å². The van der Waals surface area contributed by atoms with Crippen LogP contribution >= 0.6 is 11.6 Å². The maximum Gasteiger partial charge on any atom is 0.0786 e. The van der Waals surface area contributed by atoms with Crippen molar-refractivity contribution < 1.29 is 47.4 Å². The standard InChI is InChI=1S/C16H36N.C12H26ClN.3ClH/c1-5-9-13-17(14-10-6-2,15-11-7-3)16-12-8-4;13-11-9-7-5-3-1-2-4-6-8-10-12-14;;;/h5-16H2,1-4H3;1-12,14H2;3*1H/q+1;;;;/p-2. The molecule has 214 valence electrons. The highest BCUT2D eigenvalue weighted by atomic mass is 35.5. The van der Waals surface area contributed by atoms with Crippen molar-refractivity contribution in [1.29, 1.82) is 0 Å². The Labute approximate surface area is 240 Å². The summed E-state index contributed by atoms with van der Waals surface area (Å²) in [6.07, 6.45) is 24.8. The Morgan fingerprint density at radius 1 is 0.441 bits per heavy atom. The lowest BCUT2D eigenvalue weighted by atomic mass is 10.1. The zero-order chi connectivity index (χ0) is 23.5. The maximum absolute atomic E-state index is 5.61. The van der Waals surface area contributed by atoms with Crippen LogP contribution in [0.3, 0.4) is 0 Å². The molecule has 0 aliphatic rings. The van der Waals surface area contributed by atoms with Gasteiger partial charge in [-0.2, -0.15) is 0 Å². The molecule has 0 radical (unpaired) electrons. The molecule has 0 atom stereocenters. The van der Waals surface area contributed by atoms with Crippen molar-refractivity contribution >= 4 is 11.6 Å². The minimum atomic E-state index is 0. The Kier molecular flexibility index (Phi) is 51.1. The van der Waals surface area contributed by atoms with Crippen molar-refractivity contribution in [1.82, 2.24) is 0 Å². The van der Waals surface area contributed by atoms with Crippen LogP contribution in [0.2, 0.25) is 0 Å². The molecule has 0 aliphatic heterocycles. The smallest absolute Gasteiger partial charge is 0.0786 e. The lowest BCUT2D eigenvalue weighted by Crippen LogP contribution is -3.00. The highest BCUT2D eigenvalue weighted by Crippen LogP contribution is 2.16. The van der Waals surface area contributed by atoms with E-state index in [1.807, 2.05) is 0 Å². The van der Waals surface area contributed by atoms with Crippen molar-refractivity contribution in [3.8, 4) is 0 Å². The normalized spacial score (nSPS) is 10.4. The quantitative estimate of drug-likeness (QED) is 0.0967. The van der Waals surface area contributed by atoms with Gasteiger partial charge < -0.3 is 47.4 Å². The van der Waals surface area contributed by atoms with Gasteiger partial charge in [0, 0.05) is 5.88 Å². The third kappa shape index (κ3) is 33.1. The van der Waals surface area contributed by atoms with Crippen LogP contribution in [0.5, 0.6) is 0 Å². The molecule has 2 nitrogen and oxygen atoms in total. The van der Waals surface area contributed by atoms with Crippen molar-refractivity contribution in [2.24, 2.45) is 0 Å². The van der Waals surface area contributed by atoms with Gasteiger partial charge in [0.15, 0.2) is 0 Å². The van der Waals surface area contributed by atoms with Crippen LogP contribution in [0.4, 0.5) is 0 Å². The largest absolute Gasteiger partial charge is 1.00 e. The summed E-state index contributed by atoms with van der Waals surface area (Å²) in [7, 11) is 0. The SMILES string of the molecule is CCCC[N+](CCCC)(CCCC)CCCC.[Cl-].[Cl-].[Cl-].[NH3+]CCCCCCCCCCCCCl. The summed E-state index contributed by atoms with van der Waals surface area (Å²) >= 11 is 5.61. The Morgan fingerprint density at radius 3 is 0.941 bits per heavy atom. The van der Waals surface area contributed by atoms with E-state index >= 15 is 0 Å². The zero-order valence-corrected chi connectivity index (χ0v) is 26.7. The fourth-order valence-electron chi connectivity index (χ4n) is 4.33. The van der Waals surface area contributed by atoms with Crippen LogP contribution in [0.15, 0.2) is 0 Å². The first-order valence-corrected chi connectivity index (χ1v) is 14.9. The predicted molar refractivity (Wildman–Crippen MR) is 144 cm³/mol. The fraction of sp³-hybridized carbons (Fsp3) is 1.00. The topological polar surface area (TPSA) is 27.6 Å². The number of quaternary nitrogens is 2. The van der Waals surface area contributed by atoms with Gasteiger partial charge in [0.25, 0.3) is 0 Å². The molecule has 0 rings (SSSR count). The first-order valence-electron chi connectivity index (χ1n) is 14.4. The summed E-state index contributed by atoms with van der Waals surface area (Å²) in [5.41, 5.74) is 3.85. The van der Waals surface area contributed by atoms with Gasteiger partial charge >= 0.3 is 0 Å². The van der Waals surface area contributed by atoms with E-state index < -0.39 is 0 Å². The van der Waals surface area contributed by atoms with Gasteiger partial charge in [0.2, 0.25) is 0 Å². The molecule has 0 fully saturated rings. The summed E-state index contributed by atoms with van der Waals surface area (Å²) in [5, 5.41) is 0. The minimum Gasteiger partial charge on any atom is -1.00 e. The third-order valence-corrected chi connectivity index (χ3v) is 6.84. The average Bonchev–Trinajstić information content (AvgIpc) is 2.80. The molecule has 0 aromatic carbocycles. The van der Waals surface area contributed by atoms with Crippen LogP contribution in [0.25, 0.3) is 0 Å². The van der Waals surface area contributed by atoms with E-state index in [1.54, 1.807) is 0 Å². The van der Waals surface area contributed by atoms with Crippen molar-refractivity contribution in [3.63, 3.8) is 0 Å². The molecule has 0 aromatic heterocycles. The van der Waals surface area contributed by atoms with Gasteiger partial charge in [0.1, 0.15) is 0 Å². The second-order valence-electron chi connectivity index (χ2n) is 9.73. The van der Waals surface area contributed by atoms with Crippen molar-refractivity contribution in [2.45, 2.75) is 143 Å². The van der Waals surface area contributed by atoms with E-state index in [0.717, 1.165) is 12.4 Å². The van der Waals surface area contributed by atoms with E-state index in [2.05, 4.69) is 33.4 Å². The lowest BCUT2D eigenvalue weighted by molar-refractivity contribution is -0.929. The van der Waals surface area contributed by atoms with Crippen LogP contribution in [-0.2, 0) is 0 Å². The van der Waals surface area contributed by atoms with Crippen molar-refractivity contribution in [3.05, 3.63) is 0 Å². The fourth-order valence-corrected chi connectivity index (χ4v) is 4.52. The molecular formula is C28H63Cl4N2-. The highest BCUT2D eigenvalue weighted by Gasteiger charge is 2.24. The molecular weight excluding hydrogens is 506 g/mol. The van der Waals surface area contributed by atoms with Gasteiger partial charge in [-0.05, 0) is 44.9 Å². The third-order valence-electron chi connectivity index (χ3n) is 6.58. The molecule has 0 heterocycles. The van der Waals surface area contributed by atoms with Gasteiger partial charge in [-0.3, -0.25) is 0 Å². The van der Waals surface area contributed by atoms with Crippen LogP contribution < -0.4 is 43.0 Å². The summed E-state index contributed by atoms with van der Waals surface area (Å²) in [6.45, 7) is 16.1. The zero-order valence-electron chi connectivity index (χ0n) is 23.6. The molecule has 6 heteroatoms. The molecule has 0 aliphatic carbocycles. The van der Waals surface area contributed by atoms with Gasteiger partial charge in [-0.25, -0.2) is 0 Å². The second kappa shape index (κ2) is 38.6. The number of hydrogen-bond donors (Lipinski definition) is 1. The Balaban J connectivity index is -0.000000154. The summed E-state index contributed by atoms with van der Waals surface area (Å²) in [5.74, 6) is 0.838. The number of rotatable bonds is 23. The lowest BCUT2D eigenvalue weighted by Gasteiger charge is -2.39. The molecule has 34 heavy (non-hydrogen) atoms. The Hall–Kier alpha value is 1.08. The van der Waals surface area contributed by atoms with E-state index in [4.69, 9.17) is 11.6 Å². The number of hydrogen-bond acceptors (Lipinski definition) is 0.